The summed E-state index contributed by atoms with van der Waals surface area (Å²) in [5.41, 5.74) is 5.23. The fraction of sp³-hybridized carbons (Fsp3) is 0.214. The van der Waals surface area contributed by atoms with E-state index in [2.05, 4.69) is 21.2 Å². The van der Waals surface area contributed by atoms with Crippen LogP contribution in [0.25, 0.3) is 22.4 Å². The molecule has 0 saturated carbocycles. The summed E-state index contributed by atoms with van der Waals surface area (Å²) in [6, 6.07) is 2.13. The molecule has 0 saturated heterocycles. The number of hydrogen-bond acceptors (Lipinski definition) is 3. The highest BCUT2D eigenvalue weighted by atomic mass is 15.2. The quantitative estimate of drug-likeness (QED) is 0.703. The topological polar surface area (TPSA) is 48.5 Å². The Hall–Kier alpha value is -2.43. The number of nitrogens with zero attached hydrogens (tertiary/aromatic N) is 5. The standard InChI is InChI=1S/C14H15N5/c1-10-4-13(11-6-16-18(2)8-11)14(15-5-10)12-7-17-19(3)9-12/h4-9H,1-3H3. The maximum atomic E-state index is 4.56. The van der Waals surface area contributed by atoms with Crippen molar-refractivity contribution in [2.45, 2.75) is 6.92 Å². The second-order valence-corrected chi connectivity index (χ2v) is 4.71. The highest BCUT2D eigenvalue weighted by Gasteiger charge is 2.12. The summed E-state index contributed by atoms with van der Waals surface area (Å²) in [6.45, 7) is 2.04. The summed E-state index contributed by atoms with van der Waals surface area (Å²) < 4.78 is 3.58. The van der Waals surface area contributed by atoms with Gasteiger partial charge < -0.3 is 0 Å². The van der Waals surface area contributed by atoms with Gasteiger partial charge in [-0.25, -0.2) is 0 Å². The van der Waals surface area contributed by atoms with Gasteiger partial charge in [0.05, 0.1) is 18.1 Å². The molecule has 5 nitrogen and oxygen atoms in total. The van der Waals surface area contributed by atoms with E-state index in [-0.39, 0.29) is 0 Å². The Kier molecular flexibility index (Phi) is 2.67. The molecule has 96 valence electrons. The Morgan fingerprint density at radius 3 is 2.11 bits per heavy atom. The van der Waals surface area contributed by atoms with E-state index in [1.165, 1.54) is 0 Å². The lowest BCUT2D eigenvalue weighted by atomic mass is 10.0. The first-order valence-electron chi connectivity index (χ1n) is 6.08. The number of hydrogen-bond donors (Lipinski definition) is 0. The molecular formula is C14H15N5. The predicted molar refractivity (Wildman–Crippen MR) is 73.4 cm³/mol. The number of pyridine rings is 1. The van der Waals surface area contributed by atoms with E-state index >= 15 is 0 Å². The molecule has 3 aromatic heterocycles. The van der Waals surface area contributed by atoms with Gasteiger partial charge in [0.2, 0.25) is 0 Å². The van der Waals surface area contributed by atoms with Gasteiger partial charge in [-0.3, -0.25) is 14.3 Å². The van der Waals surface area contributed by atoms with Crippen LogP contribution in [0.5, 0.6) is 0 Å². The summed E-state index contributed by atoms with van der Waals surface area (Å²) in [5.74, 6) is 0. The van der Waals surface area contributed by atoms with E-state index < -0.39 is 0 Å². The van der Waals surface area contributed by atoms with E-state index in [9.17, 15) is 0 Å². The average molecular weight is 253 g/mol. The minimum Gasteiger partial charge on any atom is -0.275 e. The first kappa shape index (κ1) is 11.6. The molecule has 0 amide bonds. The summed E-state index contributed by atoms with van der Waals surface area (Å²) in [6.07, 6.45) is 9.53. The minimum absolute atomic E-state index is 0.937. The molecule has 0 aliphatic heterocycles. The summed E-state index contributed by atoms with van der Waals surface area (Å²) >= 11 is 0. The lowest BCUT2D eigenvalue weighted by molar-refractivity contribution is 0.767. The average Bonchev–Trinajstić information content (AvgIpc) is 2.98. The predicted octanol–water partition coefficient (Wildman–Crippen LogP) is 2.19. The van der Waals surface area contributed by atoms with Crippen molar-refractivity contribution in [2.75, 3.05) is 0 Å². The van der Waals surface area contributed by atoms with Crippen molar-refractivity contribution in [1.29, 1.82) is 0 Å². The van der Waals surface area contributed by atoms with E-state index in [1.807, 2.05) is 52.0 Å². The molecule has 0 aliphatic carbocycles. The van der Waals surface area contributed by atoms with Crippen LogP contribution < -0.4 is 0 Å². The van der Waals surface area contributed by atoms with Crippen molar-refractivity contribution in [3.8, 4) is 22.4 Å². The van der Waals surface area contributed by atoms with Crippen LogP contribution in [-0.2, 0) is 14.1 Å². The smallest absolute Gasteiger partial charge is 0.0813 e. The zero-order valence-electron chi connectivity index (χ0n) is 11.2. The number of aryl methyl sites for hydroxylation is 3. The van der Waals surface area contributed by atoms with Crippen molar-refractivity contribution in [2.24, 2.45) is 14.1 Å². The van der Waals surface area contributed by atoms with Gasteiger partial charge in [-0.15, -0.1) is 0 Å². The molecule has 0 atom stereocenters. The van der Waals surface area contributed by atoms with Crippen molar-refractivity contribution in [1.82, 2.24) is 24.5 Å². The Morgan fingerprint density at radius 2 is 1.53 bits per heavy atom. The van der Waals surface area contributed by atoms with Gasteiger partial charge in [0.1, 0.15) is 0 Å². The third-order valence-corrected chi connectivity index (χ3v) is 3.02. The zero-order valence-corrected chi connectivity index (χ0v) is 11.2. The zero-order chi connectivity index (χ0) is 13.4. The van der Waals surface area contributed by atoms with Crippen LogP contribution in [0.2, 0.25) is 0 Å². The van der Waals surface area contributed by atoms with Gasteiger partial charge in [0.15, 0.2) is 0 Å². The van der Waals surface area contributed by atoms with Crippen LogP contribution in [0.15, 0.2) is 37.1 Å². The molecule has 19 heavy (non-hydrogen) atoms. The molecule has 0 aliphatic rings. The maximum absolute atomic E-state index is 4.56. The van der Waals surface area contributed by atoms with Gasteiger partial charge in [-0.2, -0.15) is 10.2 Å². The summed E-state index contributed by atoms with van der Waals surface area (Å²) in [4.78, 5) is 4.56. The van der Waals surface area contributed by atoms with Gasteiger partial charge in [-0.1, -0.05) is 0 Å². The van der Waals surface area contributed by atoms with E-state index in [1.54, 1.807) is 9.36 Å². The highest BCUT2D eigenvalue weighted by Crippen LogP contribution is 2.30. The fourth-order valence-corrected chi connectivity index (χ4v) is 2.12. The second-order valence-electron chi connectivity index (χ2n) is 4.71. The molecule has 0 radical (unpaired) electrons. The maximum Gasteiger partial charge on any atom is 0.0813 e. The van der Waals surface area contributed by atoms with Crippen LogP contribution in [0.4, 0.5) is 0 Å². The molecule has 0 spiro atoms. The van der Waals surface area contributed by atoms with Crippen LogP contribution in [0.3, 0.4) is 0 Å². The Morgan fingerprint density at radius 1 is 0.895 bits per heavy atom. The first-order chi connectivity index (χ1) is 9.13. The van der Waals surface area contributed by atoms with Crippen LogP contribution in [-0.4, -0.2) is 24.5 Å². The highest BCUT2D eigenvalue weighted by molar-refractivity contribution is 5.79. The van der Waals surface area contributed by atoms with Gasteiger partial charge in [0, 0.05) is 49.4 Å². The van der Waals surface area contributed by atoms with Crippen LogP contribution >= 0.6 is 0 Å². The molecule has 5 heteroatoms. The van der Waals surface area contributed by atoms with Gasteiger partial charge >= 0.3 is 0 Å². The number of rotatable bonds is 2. The fourth-order valence-electron chi connectivity index (χ4n) is 2.12. The van der Waals surface area contributed by atoms with Gasteiger partial charge in [0.25, 0.3) is 0 Å². The number of aromatic nitrogens is 5. The Labute approximate surface area is 111 Å². The third-order valence-electron chi connectivity index (χ3n) is 3.02. The first-order valence-corrected chi connectivity index (χ1v) is 6.08. The molecule has 3 heterocycles. The lowest BCUT2D eigenvalue weighted by Gasteiger charge is -2.06. The normalized spacial score (nSPS) is 10.9. The molecule has 0 N–H and O–H groups in total. The molecule has 0 aromatic carbocycles. The van der Waals surface area contributed by atoms with Crippen LogP contribution in [0, 0.1) is 6.92 Å². The van der Waals surface area contributed by atoms with Crippen LogP contribution in [0.1, 0.15) is 5.56 Å². The van der Waals surface area contributed by atoms with Gasteiger partial charge in [-0.05, 0) is 18.6 Å². The largest absolute Gasteiger partial charge is 0.275 e. The second kappa shape index (κ2) is 4.35. The SMILES string of the molecule is Cc1cnc(-c2cnn(C)c2)c(-c2cnn(C)c2)c1. The van der Waals surface area contributed by atoms with E-state index in [0.29, 0.717) is 0 Å². The lowest BCUT2D eigenvalue weighted by Crippen LogP contribution is -1.90. The minimum atomic E-state index is 0.937. The monoisotopic (exact) mass is 253 g/mol. The van der Waals surface area contributed by atoms with Crippen molar-refractivity contribution >= 4 is 0 Å². The van der Waals surface area contributed by atoms with Crippen molar-refractivity contribution in [3.63, 3.8) is 0 Å². The molecular weight excluding hydrogens is 238 g/mol. The Bertz CT molecular complexity index is 723. The van der Waals surface area contributed by atoms with Crippen molar-refractivity contribution in [3.05, 3.63) is 42.6 Å². The Balaban J connectivity index is 2.20. The summed E-state index contributed by atoms with van der Waals surface area (Å²) in [5, 5.41) is 8.44. The molecule has 3 rings (SSSR count). The van der Waals surface area contributed by atoms with E-state index in [4.69, 9.17) is 0 Å². The van der Waals surface area contributed by atoms with E-state index in [0.717, 1.165) is 27.9 Å². The molecule has 0 fully saturated rings. The van der Waals surface area contributed by atoms with Crippen molar-refractivity contribution < 1.29 is 0 Å². The third kappa shape index (κ3) is 2.14. The summed E-state index contributed by atoms with van der Waals surface area (Å²) in [7, 11) is 3.82. The molecule has 0 unspecified atom stereocenters. The molecule has 0 bridgehead atoms. The molecule has 3 aromatic rings.